The van der Waals surface area contributed by atoms with E-state index in [-0.39, 0.29) is 11.3 Å². The van der Waals surface area contributed by atoms with Crippen molar-refractivity contribution in [1.29, 1.82) is 0 Å². The molecule has 0 atom stereocenters. The molecule has 0 aliphatic carbocycles. The number of esters is 2. The number of aromatic amines is 1. The summed E-state index contributed by atoms with van der Waals surface area (Å²) in [5, 5.41) is 0.568. The van der Waals surface area contributed by atoms with Gasteiger partial charge in [0, 0.05) is 16.6 Å². The number of methoxy groups -OCH3 is 1. The Morgan fingerprint density at radius 2 is 1.83 bits per heavy atom. The molecule has 0 saturated heterocycles. The summed E-state index contributed by atoms with van der Waals surface area (Å²) < 4.78 is 23.6. The number of hydrogen-bond acceptors (Lipinski definition) is 4. The normalized spacial score (nSPS) is 10.6. The van der Waals surface area contributed by atoms with Crippen molar-refractivity contribution in [3.8, 4) is 5.75 Å². The van der Waals surface area contributed by atoms with Gasteiger partial charge in [-0.2, -0.15) is 0 Å². The topological polar surface area (TPSA) is 68.4 Å². The first-order valence-electron chi connectivity index (χ1n) is 7.18. The van der Waals surface area contributed by atoms with Gasteiger partial charge in [-0.1, -0.05) is 12.1 Å². The maximum Gasteiger partial charge on any atom is 0.346 e. The zero-order valence-corrected chi connectivity index (χ0v) is 13.1. The molecule has 3 rings (SSSR count). The van der Waals surface area contributed by atoms with Gasteiger partial charge in [-0.05, 0) is 37.3 Å². The van der Waals surface area contributed by atoms with Gasteiger partial charge >= 0.3 is 11.9 Å². The molecule has 5 nitrogen and oxygen atoms in total. The molecule has 0 unspecified atom stereocenters. The Hall–Kier alpha value is -3.15. The fraction of sp³-hybridized carbons (Fsp3) is 0.111. The minimum atomic E-state index is -0.806. The van der Waals surface area contributed by atoms with E-state index in [1.807, 2.05) is 0 Å². The van der Waals surface area contributed by atoms with Gasteiger partial charge in [-0.25, -0.2) is 14.0 Å². The van der Waals surface area contributed by atoms with Crippen LogP contribution < -0.4 is 4.74 Å². The standard InChI is InChI=1S/C18H14FNO4/c1-10-16(18(22)23-2)13-9-11(7-8-15(13)20-10)24-17(21)12-5-3-4-6-14(12)19/h3-9,20H,1-2H3. The van der Waals surface area contributed by atoms with E-state index in [0.29, 0.717) is 22.2 Å². The summed E-state index contributed by atoms with van der Waals surface area (Å²) in [7, 11) is 1.29. The number of rotatable bonds is 3. The van der Waals surface area contributed by atoms with E-state index in [2.05, 4.69) is 4.98 Å². The molecule has 0 fully saturated rings. The first-order chi connectivity index (χ1) is 11.5. The number of aryl methyl sites for hydroxylation is 1. The first kappa shape index (κ1) is 15.7. The van der Waals surface area contributed by atoms with Crippen molar-refractivity contribution in [3.05, 3.63) is 65.1 Å². The van der Waals surface area contributed by atoms with E-state index in [1.165, 1.54) is 25.3 Å². The van der Waals surface area contributed by atoms with Gasteiger partial charge in [-0.15, -0.1) is 0 Å². The summed E-state index contributed by atoms with van der Waals surface area (Å²) in [4.78, 5) is 27.1. The van der Waals surface area contributed by atoms with Crippen molar-refractivity contribution in [2.45, 2.75) is 6.92 Å². The predicted molar refractivity (Wildman–Crippen MR) is 85.7 cm³/mol. The highest BCUT2D eigenvalue weighted by Gasteiger charge is 2.18. The number of fused-ring (bicyclic) bond motifs is 1. The third kappa shape index (κ3) is 2.74. The molecule has 0 bridgehead atoms. The highest BCUT2D eigenvalue weighted by Crippen LogP contribution is 2.27. The number of hydrogen-bond donors (Lipinski definition) is 1. The molecule has 0 aliphatic rings. The zero-order valence-electron chi connectivity index (χ0n) is 13.1. The molecule has 1 aromatic heterocycles. The van der Waals surface area contributed by atoms with Crippen molar-refractivity contribution in [2.24, 2.45) is 0 Å². The summed E-state index contributed by atoms with van der Waals surface area (Å²) in [6.07, 6.45) is 0. The molecular weight excluding hydrogens is 313 g/mol. The smallest absolute Gasteiger partial charge is 0.346 e. The minimum absolute atomic E-state index is 0.156. The van der Waals surface area contributed by atoms with Crippen LogP contribution in [0.3, 0.4) is 0 Å². The van der Waals surface area contributed by atoms with Crippen molar-refractivity contribution < 1.29 is 23.5 Å². The lowest BCUT2D eigenvalue weighted by molar-refractivity contribution is 0.0602. The van der Waals surface area contributed by atoms with Crippen LogP contribution in [0.5, 0.6) is 5.75 Å². The lowest BCUT2D eigenvalue weighted by Gasteiger charge is -2.06. The molecular formula is C18H14FNO4. The number of H-pyrrole nitrogens is 1. The van der Waals surface area contributed by atoms with Gasteiger partial charge in [0.15, 0.2) is 0 Å². The highest BCUT2D eigenvalue weighted by molar-refractivity contribution is 6.06. The van der Waals surface area contributed by atoms with E-state index < -0.39 is 17.8 Å². The number of halogens is 1. The Kier molecular flexibility index (Phi) is 4.04. The zero-order chi connectivity index (χ0) is 17.3. The molecule has 6 heteroatoms. The van der Waals surface area contributed by atoms with Crippen LogP contribution in [0.4, 0.5) is 4.39 Å². The average molecular weight is 327 g/mol. The fourth-order valence-corrected chi connectivity index (χ4v) is 2.52. The second-order valence-electron chi connectivity index (χ2n) is 5.19. The van der Waals surface area contributed by atoms with Gasteiger partial charge in [0.05, 0.1) is 18.2 Å². The molecule has 1 heterocycles. The quantitative estimate of drug-likeness (QED) is 0.589. The maximum absolute atomic E-state index is 13.6. The van der Waals surface area contributed by atoms with Crippen LogP contribution in [0.2, 0.25) is 0 Å². The van der Waals surface area contributed by atoms with Crippen molar-refractivity contribution in [1.82, 2.24) is 4.98 Å². The molecule has 0 amide bonds. The molecule has 122 valence electrons. The molecule has 3 aromatic rings. The molecule has 24 heavy (non-hydrogen) atoms. The minimum Gasteiger partial charge on any atom is -0.465 e. The van der Waals surface area contributed by atoms with E-state index in [1.54, 1.807) is 31.2 Å². The molecule has 2 aromatic carbocycles. The largest absolute Gasteiger partial charge is 0.465 e. The van der Waals surface area contributed by atoms with Crippen LogP contribution in [0.25, 0.3) is 10.9 Å². The van der Waals surface area contributed by atoms with Gasteiger partial charge in [0.25, 0.3) is 0 Å². The Morgan fingerprint density at radius 3 is 2.54 bits per heavy atom. The van der Waals surface area contributed by atoms with Gasteiger partial charge in [0.1, 0.15) is 11.6 Å². The first-order valence-corrected chi connectivity index (χ1v) is 7.18. The van der Waals surface area contributed by atoms with E-state index in [9.17, 15) is 14.0 Å². The third-order valence-corrected chi connectivity index (χ3v) is 3.65. The van der Waals surface area contributed by atoms with Crippen molar-refractivity contribution in [3.63, 3.8) is 0 Å². The maximum atomic E-state index is 13.6. The lowest BCUT2D eigenvalue weighted by atomic mass is 10.1. The molecule has 0 radical (unpaired) electrons. The average Bonchev–Trinajstić information content (AvgIpc) is 2.89. The third-order valence-electron chi connectivity index (χ3n) is 3.65. The Bertz CT molecular complexity index is 945. The molecule has 1 N–H and O–H groups in total. The van der Waals surface area contributed by atoms with Crippen LogP contribution in [-0.4, -0.2) is 24.0 Å². The SMILES string of the molecule is COC(=O)c1c(C)[nH]c2ccc(OC(=O)c3ccccc3F)cc12. The van der Waals surface area contributed by atoms with Crippen molar-refractivity contribution in [2.75, 3.05) is 7.11 Å². The number of carbonyl (C=O) groups excluding carboxylic acids is 2. The van der Waals surface area contributed by atoms with E-state index >= 15 is 0 Å². The number of nitrogens with one attached hydrogen (secondary N) is 1. The fourth-order valence-electron chi connectivity index (χ4n) is 2.52. The second-order valence-corrected chi connectivity index (χ2v) is 5.19. The number of ether oxygens (including phenoxy) is 2. The second kappa shape index (κ2) is 6.16. The van der Waals surface area contributed by atoms with Crippen LogP contribution in [-0.2, 0) is 4.74 Å². The van der Waals surface area contributed by atoms with Crippen molar-refractivity contribution >= 4 is 22.8 Å². The Morgan fingerprint density at radius 1 is 1.08 bits per heavy atom. The summed E-state index contributed by atoms with van der Waals surface area (Å²) in [5.74, 6) is -1.74. The molecule has 0 saturated carbocycles. The Balaban J connectivity index is 1.98. The summed E-state index contributed by atoms with van der Waals surface area (Å²) in [6.45, 7) is 1.75. The van der Waals surface area contributed by atoms with E-state index in [0.717, 1.165) is 0 Å². The van der Waals surface area contributed by atoms with Crippen LogP contribution in [0.15, 0.2) is 42.5 Å². The van der Waals surface area contributed by atoms with E-state index in [4.69, 9.17) is 9.47 Å². The molecule has 0 aliphatic heterocycles. The molecule has 0 spiro atoms. The van der Waals surface area contributed by atoms with Gasteiger partial charge in [0.2, 0.25) is 0 Å². The number of benzene rings is 2. The monoisotopic (exact) mass is 327 g/mol. The van der Waals surface area contributed by atoms with Gasteiger partial charge in [-0.3, -0.25) is 0 Å². The summed E-state index contributed by atoms with van der Waals surface area (Å²) >= 11 is 0. The highest BCUT2D eigenvalue weighted by atomic mass is 19.1. The van der Waals surface area contributed by atoms with Crippen LogP contribution in [0, 0.1) is 12.7 Å². The van der Waals surface area contributed by atoms with Crippen LogP contribution in [0.1, 0.15) is 26.4 Å². The van der Waals surface area contributed by atoms with Crippen LogP contribution >= 0.6 is 0 Å². The Labute approximate surface area is 137 Å². The lowest BCUT2D eigenvalue weighted by Crippen LogP contribution is -2.10. The number of aromatic nitrogens is 1. The summed E-state index contributed by atoms with van der Waals surface area (Å²) in [6, 6.07) is 10.4. The summed E-state index contributed by atoms with van der Waals surface area (Å²) in [5.41, 5.74) is 1.57. The number of carbonyl (C=O) groups is 2. The predicted octanol–water partition coefficient (Wildman–Crippen LogP) is 3.62. The van der Waals surface area contributed by atoms with Gasteiger partial charge < -0.3 is 14.5 Å².